The number of nitrogens with zero attached hydrogens (tertiary/aromatic N) is 1. The molecule has 1 amide bonds. The number of hydrogen-bond acceptors (Lipinski definition) is 3. The summed E-state index contributed by atoms with van der Waals surface area (Å²) in [6.45, 7) is 5.00. The third-order valence-corrected chi connectivity index (χ3v) is 3.78. The zero-order valence-electron chi connectivity index (χ0n) is 13.7. The molecule has 0 aliphatic heterocycles. The molecule has 0 radical (unpaired) electrons. The molecule has 4 heteroatoms. The van der Waals surface area contributed by atoms with E-state index in [4.69, 9.17) is 0 Å². The Labute approximate surface area is 133 Å². The number of carbonyl (C=O) groups is 1. The number of hydrogen-bond donors (Lipinski definition) is 2. The van der Waals surface area contributed by atoms with E-state index in [0.717, 1.165) is 18.7 Å². The van der Waals surface area contributed by atoms with Crippen LogP contribution in [0.2, 0.25) is 0 Å². The lowest BCUT2D eigenvalue weighted by Crippen LogP contribution is -2.14. The molecule has 0 bridgehead atoms. The van der Waals surface area contributed by atoms with Gasteiger partial charge in [-0.2, -0.15) is 0 Å². The van der Waals surface area contributed by atoms with Gasteiger partial charge in [0.2, 0.25) is 5.91 Å². The first kappa shape index (κ1) is 16.5. The summed E-state index contributed by atoms with van der Waals surface area (Å²) in [5.41, 5.74) is 2.57. The molecular weight excluding hydrogens is 274 g/mol. The van der Waals surface area contributed by atoms with Crippen LogP contribution in [-0.2, 0) is 4.79 Å². The Hall–Kier alpha value is -1.84. The molecule has 0 aromatic carbocycles. The maximum absolute atomic E-state index is 11.7. The van der Waals surface area contributed by atoms with Crippen LogP contribution in [0.4, 0.5) is 11.5 Å². The fourth-order valence-corrected chi connectivity index (χ4v) is 2.64. The molecule has 22 heavy (non-hydrogen) atoms. The van der Waals surface area contributed by atoms with Gasteiger partial charge in [-0.05, 0) is 50.2 Å². The lowest BCUT2D eigenvalue weighted by atomic mass is 9.97. The zero-order valence-corrected chi connectivity index (χ0v) is 13.7. The largest absolute Gasteiger partial charge is 0.383 e. The first-order valence-corrected chi connectivity index (χ1v) is 8.31. The lowest BCUT2D eigenvalue weighted by molar-refractivity contribution is -0.116. The number of amides is 1. The molecule has 0 atom stereocenters. The van der Waals surface area contributed by atoms with E-state index in [1.54, 1.807) is 11.8 Å². The summed E-state index contributed by atoms with van der Waals surface area (Å²) in [6, 6.07) is 3.81. The lowest BCUT2D eigenvalue weighted by Gasteiger charge is -2.13. The van der Waals surface area contributed by atoms with Crippen molar-refractivity contribution in [1.82, 2.24) is 4.98 Å². The topological polar surface area (TPSA) is 54.0 Å². The molecule has 1 aliphatic carbocycles. The second kappa shape index (κ2) is 8.57. The molecule has 0 unspecified atom stereocenters. The van der Waals surface area contributed by atoms with Gasteiger partial charge in [-0.25, -0.2) is 4.98 Å². The van der Waals surface area contributed by atoms with E-state index in [1.807, 2.05) is 26.0 Å². The Kier molecular flexibility index (Phi) is 6.44. The minimum absolute atomic E-state index is 0.0208. The minimum atomic E-state index is 0.0208. The second-order valence-corrected chi connectivity index (χ2v) is 6.36. The Bertz CT molecular complexity index is 506. The van der Waals surface area contributed by atoms with E-state index in [2.05, 4.69) is 21.7 Å². The molecule has 1 heterocycles. The van der Waals surface area contributed by atoms with Crippen molar-refractivity contribution in [3.05, 3.63) is 30.0 Å². The van der Waals surface area contributed by atoms with Gasteiger partial charge in [0.15, 0.2) is 0 Å². The van der Waals surface area contributed by atoms with Gasteiger partial charge < -0.3 is 10.6 Å². The van der Waals surface area contributed by atoms with Gasteiger partial charge in [0.1, 0.15) is 5.82 Å². The van der Waals surface area contributed by atoms with Crippen LogP contribution in [0.3, 0.4) is 0 Å². The van der Waals surface area contributed by atoms with Gasteiger partial charge in [-0.1, -0.05) is 25.5 Å². The van der Waals surface area contributed by atoms with Gasteiger partial charge in [0.25, 0.3) is 0 Å². The second-order valence-electron chi connectivity index (χ2n) is 6.36. The Morgan fingerprint density at radius 3 is 2.82 bits per heavy atom. The molecule has 1 aromatic rings. The summed E-state index contributed by atoms with van der Waals surface area (Å²) in [5.74, 6) is 0.994. The number of allylic oxidation sites excluding steroid dienone is 1. The van der Waals surface area contributed by atoms with Crippen LogP contribution in [0.15, 0.2) is 30.0 Å². The van der Waals surface area contributed by atoms with Crippen molar-refractivity contribution in [2.45, 2.75) is 52.4 Å². The number of pyridine rings is 1. The normalized spacial score (nSPS) is 14.6. The van der Waals surface area contributed by atoms with Crippen molar-refractivity contribution in [3.8, 4) is 0 Å². The van der Waals surface area contributed by atoms with E-state index >= 15 is 0 Å². The van der Waals surface area contributed by atoms with Crippen molar-refractivity contribution in [2.75, 3.05) is 17.2 Å². The van der Waals surface area contributed by atoms with Crippen LogP contribution < -0.4 is 10.6 Å². The summed E-state index contributed by atoms with van der Waals surface area (Å²) < 4.78 is 0. The number of carbonyl (C=O) groups excluding carboxylic acids is 1. The number of nitrogens with one attached hydrogen (secondary N) is 2. The quantitative estimate of drug-likeness (QED) is 0.735. The molecule has 0 saturated heterocycles. The van der Waals surface area contributed by atoms with Crippen molar-refractivity contribution in [3.63, 3.8) is 0 Å². The summed E-state index contributed by atoms with van der Waals surface area (Å²) in [4.78, 5) is 16.0. The fourth-order valence-electron chi connectivity index (χ4n) is 2.64. The maximum atomic E-state index is 11.7. The first-order chi connectivity index (χ1) is 10.6. The van der Waals surface area contributed by atoms with E-state index in [1.165, 1.54) is 25.7 Å². The van der Waals surface area contributed by atoms with Crippen LogP contribution in [0.25, 0.3) is 0 Å². The molecule has 2 N–H and O–H groups in total. The highest BCUT2D eigenvalue weighted by Gasteiger charge is 2.06. The third kappa shape index (κ3) is 5.88. The van der Waals surface area contributed by atoms with Gasteiger partial charge in [0, 0.05) is 13.0 Å². The zero-order chi connectivity index (χ0) is 15.8. The van der Waals surface area contributed by atoms with E-state index in [9.17, 15) is 4.79 Å². The van der Waals surface area contributed by atoms with E-state index < -0.39 is 0 Å². The van der Waals surface area contributed by atoms with Crippen LogP contribution >= 0.6 is 0 Å². The molecule has 0 fully saturated rings. The maximum Gasteiger partial charge on any atom is 0.225 e. The SMILES string of the molecule is CC(C)CC(=O)Nc1ccc(NCCC2=CCCCC2)cn1. The molecule has 120 valence electrons. The summed E-state index contributed by atoms with van der Waals surface area (Å²) >= 11 is 0. The average molecular weight is 301 g/mol. The Balaban J connectivity index is 1.74. The molecule has 4 nitrogen and oxygen atoms in total. The van der Waals surface area contributed by atoms with E-state index in [0.29, 0.717) is 18.2 Å². The Morgan fingerprint density at radius 2 is 2.18 bits per heavy atom. The number of anilines is 2. The van der Waals surface area contributed by atoms with Crippen molar-refractivity contribution in [2.24, 2.45) is 5.92 Å². The first-order valence-electron chi connectivity index (χ1n) is 8.31. The summed E-state index contributed by atoms with van der Waals surface area (Å²) in [7, 11) is 0. The van der Waals surface area contributed by atoms with Gasteiger partial charge in [0.05, 0.1) is 11.9 Å². The van der Waals surface area contributed by atoms with Crippen LogP contribution in [0.5, 0.6) is 0 Å². The minimum Gasteiger partial charge on any atom is -0.383 e. The number of aromatic nitrogens is 1. The van der Waals surface area contributed by atoms with E-state index in [-0.39, 0.29) is 5.91 Å². The molecule has 1 aliphatic rings. The summed E-state index contributed by atoms with van der Waals surface area (Å²) in [6.07, 6.45) is 11.0. The Morgan fingerprint density at radius 1 is 1.32 bits per heavy atom. The van der Waals surface area contributed by atoms with Crippen LogP contribution in [0.1, 0.15) is 52.4 Å². The molecule has 1 aromatic heterocycles. The molecule has 0 saturated carbocycles. The highest BCUT2D eigenvalue weighted by molar-refractivity contribution is 5.89. The highest BCUT2D eigenvalue weighted by atomic mass is 16.1. The van der Waals surface area contributed by atoms with Gasteiger partial charge >= 0.3 is 0 Å². The van der Waals surface area contributed by atoms with Crippen LogP contribution in [0, 0.1) is 5.92 Å². The monoisotopic (exact) mass is 301 g/mol. The highest BCUT2D eigenvalue weighted by Crippen LogP contribution is 2.20. The molecule has 2 rings (SSSR count). The molecular formula is C18H27N3O. The summed E-state index contributed by atoms with van der Waals surface area (Å²) in [5, 5.41) is 6.21. The van der Waals surface area contributed by atoms with Gasteiger partial charge in [-0.3, -0.25) is 4.79 Å². The predicted molar refractivity (Wildman–Crippen MR) is 92.0 cm³/mol. The van der Waals surface area contributed by atoms with Crippen molar-refractivity contribution >= 4 is 17.4 Å². The fraction of sp³-hybridized carbons (Fsp3) is 0.556. The smallest absolute Gasteiger partial charge is 0.225 e. The van der Waals surface area contributed by atoms with Crippen LogP contribution in [-0.4, -0.2) is 17.4 Å². The van der Waals surface area contributed by atoms with Gasteiger partial charge in [-0.15, -0.1) is 0 Å². The predicted octanol–water partition coefficient (Wildman–Crippen LogP) is 4.37. The standard InChI is InChI=1S/C18H27N3O/c1-14(2)12-18(22)21-17-9-8-16(13-20-17)19-11-10-15-6-4-3-5-7-15/h6,8-9,13-14,19H,3-5,7,10-12H2,1-2H3,(H,20,21,22). The molecule has 0 spiro atoms. The van der Waals surface area contributed by atoms with Crippen molar-refractivity contribution in [1.29, 1.82) is 0 Å². The third-order valence-electron chi connectivity index (χ3n) is 3.78. The average Bonchev–Trinajstić information content (AvgIpc) is 2.49. The van der Waals surface area contributed by atoms with Crippen molar-refractivity contribution < 1.29 is 4.79 Å². The number of rotatable bonds is 7.